The minimum Gasteiger partial charge on any atom is -0.395 e. The number of hydrogen-bond acceptors (Lipinski definition) is 6. The normalized spacial score (nSPS) is 14.6. The highest BCUT2D eigenvalue weighted by Gasteiger charge is 2.19. The lowest BCUT2D eigenvalue weighted by Crippen LogP contribution is -2.32. The minimum atomic E-state index is 0.0598. The number of nitrogens with zero attached hydrogens (tertiary/aromatic N) is 4. The number of thioether (sulfide) groups is 1. The fourth-order valence-corrected chi connectivity index (χ4v) is 2.60. The van der Waals surface area contributed by atoms with Crippen LogP contribution in [-0.4, -0.2) is 48.8 Å². The highest BCUT2D eigenvalue weighted by atomic mass is 35.5. The molecule has 0 aliphatic heterocycles. The molecule has 0 bridgehead atoms. The number of rotatable bonds is 5. The number of halogens is 1. The molecule has 8 heteroatoms. The van der Waals surface area contributed by atoms with Crippen molar-refractivity contribution in [3.8, 4) is 0 Å². The summed E-state index contributed by atoms with van der Waals surface area (Å²) in [6.07, 6.45) is 3.41. The monoisotopic (exact) mass is 301 g/mol. The van der Waals surface area contributed by atoms with Gasteiger partial charge < -0.3 is 10.4 Å². The first kappa shape index (κ1) is 14.4. The van der Waals surface area contributed by atoms with E-state index in [9.17, 15) is 5.11 Å². The van der Waals surface area contributed by atoms with Crippen molar-refractivity contribution in [2.24, 2.45) is 0 Å². The molecule has 2 rings (SSSR count). The molecule has 2 N–H and O–H groups in total. The first-order chi connectivity index (χ1) is 9.08. The summed E-state index contributed by atoms with van der Waals surface area (Å²) in [5.41, 5.74) is 0.810. The lowest BCUT2D eigenvalue weighted by atomic mass is 10.2. The van der Waals surface area contributed by atoms with E-state index in [1.54, 1.807) is 16.3 Å². The van der Waals surface area contributed by atoms with E-state index in [4.69, 9.17) is 11.6 Å². The molecule has 0 aliphatic carbocycles. The SMILES string of the molecule is CSC(CO)C(C)Nc1c(C)c(Cl)nc2ncnn12. The second kappa shape index (κ2) is 5.94. The summed E-state index contributed by atoms with van der Waals surface area (Å²) in [6, 6.07) is 0.0598. The fourth-order valence-electron chi connectivity index (χ4n) is 1.81. The van der Waals surface area contributed by atoms with E-state index in [-0.39, 0.29) is 17.9 Å². The maximum atomic E-state index is 9.34. The zero-order valence-electron chi connectivity index (χ0n) is 11.0. The number of aliphatic hydroxyl groups excluding tert-OH is 1. The van der Waals surface area contributed by atoms with Crippen LogP contribution >= 0.6 is 23.4 Å². The van der Waals surface area contributed by atoms with Crippen molar-refractivity contribution < 1.29 is 5.11 Å². The van der Waals surface area contributed by atoms with Crippen LogP contribution < -0.4 is 5.32 Å². The van der Waals surface area contributed by atoms with Crippen LogP contribution in [0.2, 0.25) is 5.15 Å². The minimum absolute atomic E-state index is 0.0598. The summed E-state index contributed by atoms with van der Waals surface area (Å²) >= 11 is 7.70. The average molecular weight is 302 g/mol. The van der Waals surface area contributed by atoms with Gasteiger partial charge in [-0.25, -0.2) is 0 Å². The van der Waals surface area contributed by atoms with Crippen LogP contribution in [0.4, 0.5) is 5.82 Å². The zero-order valence-corrected chi connectivity index (χ0v) is 12.5. The quantitative estimate of drug-likeness (QED) is 0.817. The Labute approximate surface area is 120 Å². The molecule has 0 aromatic carbocycles. The fraction of sp³-hybridized carbons (Fsp3) is 0.545. The van der Waals surface area contributed by atoms with Gasteiger partial charge in [-0.15, -0.1) is 0 Å². The van der Waals surface area contributed by atoms with Gasteiger partial charge in [0.2, 0.25) is 0 Å². The van der Waals surface area contributed by atoms with Gasteiger partial charge in [-0.3, -0.25) is 0 Å². The largest absolute Gasteiger partial charge is 0.395 e. The average Bonchev–Trinajstić information content (AvgIpc) is 2.84. The van der Waals surface area contributed by atoms with Crippen molar-refractivity contribution in [1.29, 1.82) is 0 Å². The van der Waals surface area contributed by atoms with Gasteiger partial charge in [0.15, 0.2) is 0 Å². The number of nitrogens with one attached hydrogen (secondary N) is 1. The second-order valence-corrected chi connectivity index (χ2v) is 5.67. The zero-order chi connectivity index (χ0) is 14.0. The Hall–Kier alpha value is -1.05. The molecule has 2 atom stereocenters. The van der Waals surface area contributed by atoms with E-state index in [0.29, 0.717) is 10.9 Å². The van der Waals surface area contributed by atoms with E-state index < -0.39 is 0 Å². The Morgan fingerprint density at radius 3 is 2.95 bits per heavy atom. The van der Waals surface area contributed by atoms with Gasteiger partial charge in [0.25, 0.3) is 5.78 Å². The molecule has 0 saturated carbocycles. The molecule has 0 saturated heterocycles. The lowest BCUT2D eigenvalue weighted by molar-refractivity contribution is 0.288. The molecule has 0 fully saturated rings. The molecule has 0 spiro atoms. The number of fused-ring (bicyclic) bond motifs is 1. The van der Waals surface area contributed by atoms with E-state index in [2.05, 4.69) is 20.4 Å². The highest BCUT2D eigenvalue weighted by Crippen LogP contribution is 2.24. The summed E-state index contributed by atoms with van der Waals surface area (Å²) in [4.78, 5) is 8.18. The molecule has 2 unspecified atom stereocenters. The van der Waals surface area contributed by atoms with Crippen molar-refractivity contribution in [1.82, 2.24) is 19.6 Å². The van der Waals surface area contributed by atoms with Crippen molar-refractivity contribution in [3.05, 3.63) is 17.0 Å². The number of aliphatic hydroxyl groups is 1. The molecular formula is C11H16ClN5OS. The molecule has 104 valence electrons. The van der Waals surface area contributed by atoms with Gasteiger partial charge in [-0.1, -0.05) is 11.6 Å². The summed E-state index contributed by atoms with van der Waals surface area (Å²) in [5.74, 6) is 1.21. The van der Waals surface area contributed by atoms with Gasteiger partial charge >= 0.3 is 0 Å². The molecule has 0 radical (unpaired) electrons. The third-order valence-electron chi connectivity index (χ3n) is 3.01. The Morgan fingerprint density at radius 2 is 2.32 bits per heavy atom. The Bertz CT molecular complexity index is 571. The maximum absolute atomic E-state index is 9.34. The lowest BCUT2D eigenvalue weighted by Gasteiger charge is -2.23. The highest BCUT2D eigenvalue weighted by molar-refractivity contribution is 7.99. The molecule has 0 aliphatic rings. The van der Waals surface area contributed by atoms with Crippen molar-refractivity contribution >= 4 is 35.0 Å². The van der Waals surface area contributed by atoms with E-state index in [0.717, 1.165) is 11.4 Å². The summed E-state index contributed by atoms with van der Waals surface area (Å²) < 4.78 is 1.62. The van der Waals surface area contributed by atoms with Crippen LogP contribution in [0.1, 0.15) is 12.5 Å². The summed E-state index contributed by atoms with van der Waals surface area (Å²) in [7, 11) is 0. The summed E-state index contributed by atoms with van der Waals surface area (Å²) in [5, 5.41) is 17.3. The number of hydrogen-bond donors (Lipinski definition) is 2. The number of anilines is 1. The van der Waals surface area contributed by atoms with E-state index in [1.165, 1.54) is 6.33 Å². The van der Waals surface area contributed by atoms with Crippen molar-refractivity contribution in [3.63, 3.8) is 0 Å². The molecular weight excluding hydrogens is 286 g/mol. The molecule has 19 heavy (non-hydrogen) atoms. The molecule has 0 amide bonds. The van der Waals surface area contributed by atoms with Crippen LogP contribution in [0.3, 0.4) is 0 Å². The Balaban J connectivity index is 2.38. The van der Waals surface area contributed by atoms with Crippen molar-refractivity contribution in [2.45, 2.75) is 25.1 Å². The van der Waals surface area contributed by atoms with Gasteiger partial charge in [-0.2, -0.15) is 31.3 Å². The molecule has 2 aromatic heterocycles. The van der Waals surface area contributed by atoms with Crippen LogP contribution in [-0.2, 0) is 0 Å². The topological polar surface area (TPSA) is 75.3 Å². The first-order valence-corrected chi connectivity index (χ1v) is 7.51. The van der Waals surface area contributed by atoms with Crippen LogP contribution in [0.5, 0.6) is 0 Å². The standard InChI is InChI=1S/C11H16ClN5OS/c1-6-9(12)16-11-13-5-14-17(11)10(6)15-7(2)8(4-18)19-3/h5,7-8,15,18H,4H2,1-3H3. The van der Waals surface area contributed by atoms with Crippen LogP contribution in [0, 0.1) is 6.92 Å². The van der Waals surface area contributed by atoms with Crippen molar-refractivity contribution in [2.75, 3.05) is 18.2 Å². The smallest absolute Gasteiger partial charge is 0.255 e. The van der Waals surface area contributed by atoms with Crippen LogP contribution in [0.25, 0.3) is 5.78 Å². The summed E-state index contributed by atoms with van der Waals surface area (Å²) in [6.45, 7) is 3.99. The third kappa shape index (κ3) is 2.77. The number of aromatic nitrogens is 4. The Morgan fingerprint density at radius 1 is 1.58 bits per heavy atom. The van der Waals surface area contributed by atoms with E-state index >= 15 is 0 Å². The van der Waals surface area contributed by atoms with Gasteiger partial charge in [0, 0.05) is 16.9 Å². The predicted octanol–water partition coefficient (Wildman–Crippen LogP) is 1.61. The molecule has 2 heterocycles. The second-order valence-electron chi connectivity index (χ2n) is 4.24. The molecule has 6 nitrogen and oxygen atoms in total. The first-order valence-electron chi connectivity index (χ1n) is 5.84. The predicted molar refractivity (Wildman–Crippen MR) is 78.0 cm³/mol. The van der Waals surface area contributed by atoms with Crippen LogP contribution in [0.15, 0.2) is 6.33 Å². The van der Waals surface area contributed by atoms with Gasteiger partial charge in [0.1, 0.15) is 17.3 Å². The third-order valence-corrected chi connectivity index (χ3v) is 4.54. The maximum Gasteiger partial charge on any atom is 0.255 e. The molecule has 2 aromatic rings. The Kier molecular flexibility index (Phi) is 4.49. The van der Waals surface area contributed by atoms with Gasteiger partial charge in [-0.05, 0) is 20.1 Å². The van der Waals surface area contributed by atoms with E-state index in [1.807, 2.05) is 20.1 Å². The van der Waals surface area contributed by atoms with Gasteiger partial charge in [0.05, 0.1) is 6.61 Å².